The molecule has 6 aromatic rings. The van der Waals surface area contributed by atoms with E-state index in [0.29, 0.717) is 11.8 Å². The van der Waals surface area contributed by atoms with E-state index in [9.17, 15) is 17.0 Å². The second-order valence-corrected chi connectivity index (χ2v) is 43.8. The fraction of sp³-hybridized carbons (Fsp3) is 0.310. The second-order valence-electron chi connectivity index (χ2n) is 21.4. The van der Waals surface area contributed by atoms with Crippen LogP contribution in [0.4, 0.5) is 0 Å². The molecule has 0 saturated carbocycles. The minimum atomic E-state index is -5.83. The molecule has 3 aliphatic rings. The third kappa shape index (κ3) is 6.67. The molecule has 317 valence electrons. The number of allylic oxidation sites excluding steroid dienone is 2. The van der Waals surface area contributed by atoms with Crippen LogP contribution >= 0.6 is 17.0 Å². The van der Waals surface area contributed by atoms with Crippen molar-refractivity contribution >= 4 is 52.3 Å². The predicted octanol–water partition coefficient (Wildman–Crippen LogP) is 15.0. The van der Waals surface area contributed by atoms with E-state index < -0.39 is 25.9 Å². The summed E-state index contributed by atoms with van der Waals surface area (Å²) in [5.74, 6) is 0.753. The average Bonchev–Trinajstić information content (AvgIpc) is 3.94. The van der Waals surface area contributed by atoms with E-state index in [1.165, 1.54) is 103 Å². The molecule has 0 N–H and O–H groups in total. The first-order valence-corrected chi connectivity index (χ1v) is 34.7. The van der Waals surface area contributed by atoms with E-state index in [1.54, 1.807) is 0 Å². The number of benzene rings is 6. The summed E-state index contributed by atoms with van der Waals surface area (Å²) >= 11 is -5.83. The zero-order valence-corrected chi connectivity index (χ0v) is 44.3. The van der Waals surface area contributed by atoms with Crippen molar-refractivity contribution in [2.75, 3.05) is 0 Å². The quantitative estimate of drug-likeness (QED) is 0.140. The first kappa shape index (κ1) is 43.7. The summed E-state index contributed by atoms with van der Waals surface area (Å²) in [6.45, 7) is 28.2. The summed E-state index contributed by atoms with van der Waals surface area (Å²) in [7, 11) is 18.2. The van der Waals surface area contributed by atoms with Crippen molar-refractivity contribution < 1.29 is 16.4 Å². The van der Waals surface area contributed by atoms with Crippen molar-refractivity contribution in [3.05, 3.63) is 171 Å². The Balaban J connectivity index is 1.43. The van der Waals surface area contributed by atoms with Crippen LogP contribution in [0.1, 0.15) is 133 Å². The Bertz CT molecular complexity index is 2730. The van der Waals surface area contributed by atoms with Crippen molar-refractivity contribution in [1.29, 1.82) is 0 Å². The van der Waals surface area contributed by atoms with Gasteiger partial charge in [-0.25, -0.2) is 0 Å². The number of aryl methyl sites for hydroxylation is 2. The molecule has 1 heterocycles. The zero-order valence-electron chi connectivity index (χ0n) is 38.9. The molecule has 0 aromatic heterocycles. The fourth-order valence-electron chi connectivity index (χ4n) is 11.8. The van der Waals surface area contributed by atoms with Crippen LogP contribution in [0.3, 0.4) is 0 Å². The van der Waals surface area contributed by atoms with Gasteiger partial charge < -0.3 is 0 Å². The number of halogens is 2. The van der Waals surface area contributed by atoms with Crippen molar-refractivity contribution in [2.45, 2.75) is 102 Å². The van der Waals surface area contributed by atoms with Crippen molar-refractivity contribution in [2.24, 2.45) is 10.8 Å². The second kappa shape index (κ2) is 15.3. The summed E-state index contributed by atoms with van der Waals surface area (Å²) in [6.07, 6.45) is 5.12. The van der Waals surface area contributed by atoms with Gasteiger partial charge in [0.05, 0.1) is 0 Å². The van der Waals surface area contributed by atoms with Crippen LogP contribution in [0.25, 0.3) is 45.5 Å². The molecule has 9 rings (SSSR count). The van der Waals surface area contributed by atoms with Crippen molar-refractivity contribution in [3.63, 3.8) is 0 Å². The van der Waals surface area contributed by atoms with E-state index in [-0.39, 0.29) is 18.1 Å². The standard InChI is InChI=1S/2C23H27.C12H9Si.2ClH.Zr/c2*1-15(2)19-9-7-8-10-20(19)22-16(3)11-12-17-13-18(14-21(17)22)23(4,5)6;1-3-7-11-9(5-1)10-6-2-4-8-12(10)13-11;;;/h2*7-15H,1-6H3;1-7H,13H2;2*1H;/q;;;;;+2/p-2. The van der Waals surface area contributed by atoms with Gasteiger partial charge in [0.1, 0.15) is 0 Å². The number of rotatable bonds is 7. The molecular formula is C58H63Cl2SiZr. The van der Waals surface area contributed by atoms with Crippen LogP contribution in [-0.4, -0.2) is 9.52 Å². The SMILES string of the molecule is Cc1ccc2c(c1-c1ccccc1C(C)C)C=C(C(C)(C)C)[CH]2[Zr]([Cl])([Cl])([c]1cccc2c1[SiH2]c1ccccc1-2)[CH]1C(C(C)(C)C)=Cc2c1ccc(C)c2-c1ccccc1C(C)C. The molecule has 1 aliphatic heterocycles. The minimum absolute atomic E-state index is 0.168. The van der Waals surface area contributed by atoms with Gasteiger partial charge in [0.2, 0.25) is 0 Å². The van der Waals surface area contributed by atoms with Crippen LogP contribution in [0.2, 0.25) is 0 Å². The number of hydrogen-bond donors (Lipinski definition) is 0. The van der Waals surface area contributed by atoms with E-state index in [1.807, 2.05) is 0 Å². The summed E-state index contributed by atoms with van der Waals surface area (Å²) in [6, 6.07) is 43.8. The fourth-order valence-corrected chi connectivity index (χ4v) is 40.1. The Morgan fingerprint density at radius 3 is 1.37 bits per heavy atom. The zero-order chi connectivity index (χ0) is 44.3. The van der Waals surface area contributed by atoms with E-state index in [4.69, 9.17) is 0 Å². The van der Waals surface area contributed by atoms with E-state index >= 15 is 0 Å². The average molecular weight is 950 g/mol. The van der Waals surface area contributed by atoms with Crippen LogP contribution in [0, 0.1) is 24.7 Å². The third-order valence-corrected chi connectivity index (χ3v) is 37.2. The van der Waals surface area contributed by atoms with Gasteiger partial charge in [-0.3, -0.25) is 0 Å². The molecule has 6 aromatic carbocycles. The molecule has 2 aliphatic carbocycles. The molecule has 0 bridgehead atoms. The monoisotopic (exact) mass is 947 g/mol. The number of hydrogen-bond acceptors (Lipinski definition) is 0. The van der Waals surface area contributed by atoms with Gasteiger partial charge in [0.25, 0.3) is 0 Å². The van der Waals surface area contributed by atoms with Crippen LogP contribution in [0.5, 0.6) is 0 Å². The molecule has 62 heavy (non-hydrogen) atoms. The Morgan fingerprint density at radius 1 is 0.500 bits per heavy atom. The normalized spacial score (nSPS) is 18.0. The first-order valence-electron chi connectivity index (χ1n) is 22.9. The van der Waals surface area contributed by atoms with Crippen LogP contribution in [-0.2, 0) is 16.4 Å². The van der Waals surface area contributed by atoms with Gasteiger partial charge in [-0.15, -0.1) is 0 Å². The van der Waals surface area contributed by atoms with Crippen LogP contribution in [0.15, 0.2) is 126 Å². The maximum absolute atomic E-state index is 9.57. The van der Waals surface area contributed by atoms with Crippen molar-refractivity contribution in [3.8, 4) is 33.4 Å². The van der Waals surface area contributed by atoms with Crippen LogP contribution < -0.4 is 13.6 Å². The summed E-state index contributed by atoms with van der Waals surface area (Å²) in [4.78, 5) is 0. The number of fused-ring (bicyclic) bond motifs is 5. The Labute approximate surface area is 383 Å². The maximum atomic E-state index is 9.57. The molecule has 0 saturated heterocycles. The van der Waals surface area contributed by atoms with Gasteiger partial charge in [0, 0.05) is 0 Å². The summed E-state index contributed by atoms with van der Waals surface area (Å²) in [5, 5.41) is 2.95. The molecule has 0 nitrogen and oxygen atoms in total. The Hall–Kier alpha value is -3.52. The van der Waals surface area contributed by atoms with Gasteiger partial charge in [-0.1, -0.05) is 0 Å². The molecule has 0 fully saturated rings. The van der Waals surface area contributed by atoms with E-state index in [0.717, 1.165) is 0 Å². The predicted molar refractivity (Wildman–Crippen MR) is 273 cm³/mol. The third-order valence-electron chi connectivity index (χ3n) is 14.7. The van der Waals surface area contributed by atoms with Gasteiger partial charge in [0.15, 0.2) is 0 Å². The summed E-state index contributed by atoms with van der Waals surface area (Å²) in [5.41, 5.74) is 20.8. The summed E-state index contributed by atoms with van der Waals surface area (Å²) < 4.78 is 0.948. The Kier molecular flexibility index (Phi) is 10.8. The molecule has 0 spiro atoms. The van der Waals surface area contributed by atoms with Gasteiger partial charge in [-0.2, -0.15) is 0 Å². The molecular weight excluding hydrogens is 887 g/mol. The van der Waals surface area contributed by atoms with E-state index in [2.05, 4.69) is 210 Å². The Morgan fingerprint density at radius 2 is 0.919 bits per heavy atom. The molecule has 0 radical (unpaired) electrons. The molecule has 0 amide bonds. The molecule has 4 heteroatoms. The molecule has 2 atom stereocenters. The molecule has 2 unspecified atom stereocenters. The van der Waals surface area contributed by atoms with Gasteiger partial charge >= 0.3 is 386 Å². The van der Waals surface area contributed by atoms with Gasteiger partial charge in [-0.05, 0) is 0 Å². The first-order chi connectivity index (χ1) is 29.2. The van der Waals surface area contributed by atoms with Crippen molar-refractivity contribution in [1.82, 2.24) is 0 Å². The topological polar surface area (TPSA) is 0 Å².